The number of aryl methyl sites for hydroxylation is 1. The number of hydrogen-bond acceptors (Lipinski definition) is 7. The lowest BCUT2D eigenvalue weighted by molar-refractivity contribution is 0.0298. The van der Waals surface area contributed by atoms with E-state index in [1.54, 1.807) is 29.3 Å². The number of carbonyl (C=O) groups excluding carboxylic acids is 1. The molecule has 0 spiro atoms. The largest absolute Gasteiger partial charge is 0.445 e. The average Bonchev–Trinajstić information content (AvgIpc) is 3.39. The third-order valence-corrected chi connectivity index (χ3v) is 8.48. The van der Waals surface area contributed by atoms with E-state index in [9.17, 15) is 13.2 Å². The molecule has 2 aliphatic rings. The van der Waals surface area contributed by atoms with Crippen molar-refractivity contribution in [3.63, 3.8) is 0 Å². The number of aromatic nitrogens is 1. The minimum absolute atomic E-state index is 0.0136. The summed E-state index contributed by atoms with van der Waals surface area (Å²) in [6.07, 6.45) is 1.24. The van der Waals surface area contributed by atoms with Gasteiger partial charge in [0, 0.05) is 32.1 Å². The number of nitrogens with zero attached hydrogens (tertiary/aromatic N) is 3. The second-order valence-corrected chi connectivity index (χ2v) is 10.1. The molecule has 0 bridgehead atoms. The van der Waals surface area contributed by atoms with Crippen LogP contribution in [0.25, 0.3) is 0 Å². The second-order valence-electron chi connectivity index (χ2n) is 6.97. The van der Waals surface area contributed by atoms with E-state index in [1.807, 2.05) is 0 Å². The molecule has 1 amide bonds. The van der Waals surface area contributed by atoms with Crippen LogP contribution in [0.5, 0.6) is 0 Å². The highest BCUT2D eigenvalue weighted by molar-refractivity contribution is 7.91. The van der Waals surface area contributed by atoms with E-state index in [4.69, 9.17) is 9.15 Å². The minimum atomic E-state index is -3.43. The topological polar surface area (TPSA) is 93.0 Å². The maximum absolute atomic E-state index is 12.7. The molecule has 0 atom stereocenters. The molecule has 2 fully saturated rings. The van der Waals surface area contributed by atoms with Crippen molar-refractivity contribution in [3.8, 4) is 0 Å². The van der Waals surface area contributed by atoms with Gasteiger partial charge in [0.2, 0.25) is 0 Å². The second kappa shape index (κ2) is 7.94. The zero-order valence-electron chi connectivity index (χ0n) is 15.7. The summed E-state index contributed by atoms with van der Waals surface area (Å²) in [6, 6.07) is 3.37. The lowest BCUT2D eigenvalue weighted by Gasteiger charge is -2.29. The van der Waals surface area contributed by atoms with Gasteiger partial charge in [-0.2, -0.15) is 4.31 Å². The van der Waals surface area contributed by atoms with Crippen LogP contribution in [0.1, 0.15) is 40.9 Å². The van der Waals surface area contributed by atoms with E-state index in [2.05, 4.69) is 4.98 Å². The molecule has 0 unspecified atom stereocenters. The van der Waals surface area contributed by atoms with Crippen LogP contribution < -0.4 is 0 Å². The van der Waals surface area contributed by atoms with E-state index in [0.717, 1.165) is 0 Å². The molecule has 2 aromatic rings. The molecule has 0 radical (unpaired) electrons. The summed E-state index contributed by atoms with van der Waals surface area (Å²) in [5.74, 6) is 0.927. The summed E-state index contributed by atoms with van der Waals surface area (Å²) in [6.45, 7) is 4.76. The lowest BCUT2D eigenvalue weighted by Crippen LogP contribution is -2.41. The number of thiophene rings is 1. The van der Waals surface area contributed by atoms with E-state index in [-0.39, 0.29) is 11.8 Å². The van der Waals surface area contributed by atoms with Crippen LogP contribution in [0.3, 0.4) is 0 Å². The standard InChI is InChI=1S/C18H23N3O5S2/c1-13-16(18(22)20-8-10-25-11-9-20)19-17(26-13)14-4-6-21(7-5-14)28(23,24)15-3-2-12-27-15/h2-3,12,14H,4-11H2,1H3. The predicted molar refractivity (Wildman–Crippen MR) is 103 cm³/mol. The number of hydrogen-bond donors (Lipinski definition) is 0. The zero-order valence-corrected chi connectivity index (χ0v) is 17.3. The third-order valence-electron chi connectivity index (χ3n) is 5.21. The summed E-state index contributed by atoms with van der Waals surface area (Å²) < 4.78 is 38.3. The van der Waals surface area contributed by atoms with Crippen molar-refractivity contribution in [1.29, 1.82) is 0 Å². The Morgan fingerprint density at radius 3 is 2.57 bits per heavy atom. The highest BCUT2D eigenvalue weighted by atomic mass is 32.2. The van der Waals surface area contributed by atoms with Crippen LogP contribution in [-0.4, -0.2) is 67.9 Å². The minimum Gasteiger partial charge on any atom is -0.445 e. The van der Waals surface area contributed by atoms with E-state index in [1.165, 1.54) is 15.6 Å². The molecule has 0 aliphatic carbocycles. The summed E-state index contributed by atoms with van der Waals surface area (Å²) >= 11 is 1.23. The van der Waals surface area contributed by atoms with E-state index in [0.29, 0.717) is 73.8 Å². The van der Waals surface area contributed by atoms with Crippen LogP contribution in [-0.2, 0) is 14.8 Å². The third kappa shape index (κ3) is 3.73. The highest BCUT2D eigenvalue weighted by Gasteiger charge is 2.33. The highest BCUT2D eigenvalue weighted by Crippen LogP contribution is 2.32. The zero-order chi connectivity index (χ0) is 19.7. The first kappa shape index (κ1) is 19.6. The smallest absolute Gasteiger partial charge is 0.276 e. The van der Waals surface area contributed by atoms with Gasteiger partial charge in [-0.1, -0.05) is 6.07 Å². The molecular formula is C18H23N3O5S2. The summed E-state index contributed by atoms with van der Waals surface area (Å²) in [5.41, 5.74) is 0.352. The van der Waals surface area contributed by atoms with Crippen molar-refractivity contribution in [2.45, 2.75) is 29.9 Å². The van der Waals surface area contributed by atoms with Crippen molar-refractivity contribution in [2.75, 3.05) is 39.4 Å². The maximum atomic E-state index is 12.7. The Hall–Kier alpha value is -1.75. The molecule has 0 N–H and O–H groups in total. The van der Waals surface area contributed by atoms with Crippen molar-refractivity contribution < 1.29 is 22.4 Å². The molecule has 4 heterocycles. The number of sulfonamides is 1. The van der Waals surface area contributed by atoms with Gasteiger partial charge in [-0.25, -0.2) is 13.4 Å². The van der Waals surface area contributed by atoms with Crippen molar-refractivity contribution >= 4 is 27.3 Å². The van der Waals surface area contributed by atoms with Gasteiger partial charge in [-0.3, -0.25) is 4.79 Å². The number of piperidine rings is 1. The predicted octanol–water partition coefficient (Wildman–Crippen LogP) is 2.09. The van der Waals surface area contributed by atoms with Gasteiger partial charge in [0.25, 0.3) is 15.9 Å². The molecule has 0 aromatic carbocycles. The van der Waals surface area contributed by atoms with Crippen molar-refractivity contribution in [1.82, 2.24) is 14.2 Å². The number of oxazole rings is 1. The first-order valence-electron chi connectivity index (χ1n) is 9.35. The molecule has 0 saturated carbocycles. The van der Waals surface area contributed by atoms with Crippen LogP contribution in [0, 0.1) is 6.92 Å². The fourth-order valence-electron chi connectivity index (χ4n) is 3.59. The molecule has 10 heteroatoms. The molecule has 152 valence electrons. The Bertz CT molecular complexity index is 925. The summed E-state index contributed by atoms with van der Waals surface area (Å²) in [4.78, 5) is 18.9. The molecule has 2 saturated heterocycles. The van der Waals surface area contributed by atoms with Crippen LogP contribution in [0.15, 0.2) is 26.1 Å². The van der Waals surface area contributed by atoms with Crippen LogP contribution in [0.2, 0.25) is 0 Å². The molecule has 28 heavy (non-hydrogen) atoms. The molecule has 4 rings (SSSR count). The monoisotopic (exact) mass is 425 g/mol. The Morgan fingerprint density at radius 1 is 1.21 bits per heavy atom. The number of rotatable bonds is 4. The molecule has 2 aliphatic heterocycles. The van der Waals surface area contributed by atoms with Gasteiger partial charge in [0.15, 0.2) is 11.6 Å². The SMILES string of the molecule is Cc1oc(C2CCN(S(=O)(=O)c3cccs3)CC2)nc1C(=O)N1CCOCC1. The van der Waals surface area contributed by atoms with Gasteiger partial charge < -0.3 is 14.1 Å². The normalized spacial score (nSPS) is 19.8. The molecule has 8 nitrogen and oxygen atoms in total. The Morgan fingerprint density at radius 2 is 1.93 bits per heavy atom. The lowest BCUT2D eigenvalue weighted by atomic mass is 9.98. The number of ether oxygens (including phenoxy) is 1. The van der Waals surface area contributed by atoms with Crippen molar-refractivity contribution in [3.05, 3.63) is 34.9 Å². The van der Waals surface area contributed by atoms with Gasteiger partial charge in [0.05, 0.1) is 13.2 Å². The van der Waals surface area contributed by atoms with E-state index >= 15 is 0 Å². The van der Waals surface area contributed by atoms with Crippen molar-refractivity contribution in [2.24, 2.45) is 0 Å². The quantitative estimate of drug-likeness (QED) is 0.745. The number of carbonyl (C=O) groups is 1. The fraction of sp³-hybridized carbons (Fsp3) is 0.556. The average molecular weight is 426 g/mol. The van der Waals surface area contributed by atoms with E-state index < -0.39 is 10.0 Å². The Kier molecular flexibility index (Phi) is 5.55. The number of amides is 1. The first-order chi connectivity index (χ1) is 13.5. The summed E-state index contributed by atoms with van der Waals surface area (Å²) in [7, 11) is -3.43. The first-order valence-corrected chi connectivity index (χ1v) is 11.7. The van der Waals surface area contributed by atoms with Gasteiger partial charge in [-0.15, -0.1) is 11.3 Å². The summed E-state index contributed by atoms with van der Waals surface area (Å²) in [5, 5.41) is 1.77. The molecular weight excluding hydrogens is 402 g/mol. The van der Waals surface area contributed by atoms with Crippen LogP contribution >= 0.6 is 11.3 Å². The molecule has 2 aromatic heterocycles. The van der Waals surface area contributed by atoms with Gasteiger partial charge in [0.1, 0.15) is 9.97 Å². The van der Waals surface area contributed by atoms with Gasteiger partial charge in [-0.05, 0) is 31.2 Å². The Balaban J connectivity index is 1.43. The maximum Gasteiger partial charge on any atom is 0.276 e. The number of morpholine rings is 1. The fourth-order valence-corrected chi connectivity index (χ4v) is 6.20. The van der Waals surface area contributed by atoms with Crippen LogP contribution in [0.4, 0.5) is 0 Å². The van der Waals surface area contributed by atoms with Gasteiger partial charge >= 0.3 is 0 Å². The Labute approximate surface area is 168 Å².